The number of fused-ring (bicyclic) bond motifs is 1. The molecule has 0 aliphatic heterocycles. The molecule has 1 aromatic rings. The quantitative estimate of drug-likeness (QED) is 0.784. The maximum absolute atomic E-state index is 3.94. The minimum atomic E-state index is 0.705. The van der Waals surface area contributed by atoms with Crippen molar-refractivity contribution in [2.24, 2.45) is 0 Å². The molecule has 1 N–H and O–H groups in total. The Bertz CT molecular complexity index is 421. The summed E-state index contributed by atoms with van der Waals surface area (Å²) in [5.41, 5.74) is 3.11. The Kier molecular flexibility index (Phi) is 4.60. The molecule has 1 fully saturated rings. The molecule has 1 saturated carbocycles. The van der Waals surface area contributed by atoms with E-state index in [1.54, 1.807) is 11.1 Å². The Balaban J connectivity index is 1.60. The topological polar surface area (TPSA) is 12.0 Å². The highest BCUT2D eigenvalue weighted by atomic mass is 79.9. The van der Waals surface area contributed by atoms with E-state index in [4.69, 9.17) is 0 Å². The average Bonchev–Trinajstić information content (AvgIpc) is 2.68. The van der Waals surface area contributed by atoms with Gasteiger partial charge in [-0.25, -0.2) is 0 Å². The van der Waals surface area contributed by atoms with Crippen LogP contribution >= 0.6 is 15.9 Å². The SMILES string of the molecule is Brc1ccc2c(c1)CCC(NC1CCCCCC1)C2. The number of hydrogen-bond acceptors (Lipinski definition) is 1. The number of halogens is 1. The smallest absolute Gasteiger partial charge is 0.0178 e. The highest BCUT2D eigenvalue weighted by Gasteiger charge is 2.21. The van der Waals surface area contributed by atoms with Gasteiger partial charge in [-0.15, -0.1) is 0 Å². The standard InChI is InChI=1S/C17H24BrN/c18-15-9-7-14-12-17(10-8-13(14)11-15)19-16-5-3-1-2-4-6-16/h7,9,11,16-17,19H,1-6,8,10,12H2. The summed E-state index contributed by atoms with van der Waals surface area (Å²) >= 11 is 3.58. The second-order valence-electron chi connectivity index (χ2n) is 6.21. The zero-order chi connectivity index (χ0) is 13.1. The van der Waals surface area contributed by atoms with E-state index in [0.29, 0.717) is 6.04 Å². The fraction of sp³-hybridized carbons (Fsp3) is 0.647. The summed E-state index contributed by atoms with van der Waals surface area (Å²) in [4.78, 5) is 0. The van der Waals surface area contributed by atoms with E-state index in [2.05, 4.69) is 39.4 Å². The van der Waals surface area contributed by atoms with Gasteiger partial charge in [-0.3, -0.25) is 0 Å². The molecule has 1 unspecified atom stereocenters. The first-order chi connectivity index (χ1) is 9.31. The van der Waals surface area contributed by atoms with Crippen LogP contribution in [0.2, 0.25) is 0 Å². The van der Waals surface area contributed by atoms with Gasteiger partial charge in [-0.1, -0.05) is 47.7 Å². The molecule has 2 heteroatoms. The minimum Gasteiger partial charge on any atom is -0.311 e. The number of nitrogens with one attached hydrogen (secondary N) is 1. The third-order valence-corrected chi connectivity index (χ3v) is 5.22. The van der Waals surface area contributed by atoms with E-state index < -0.39 is 0 Å². The fourth-order valence-corrected chi connectivity index (χ4v) is 4.05. The van der Waals surface area contributed by atoms with Gasteiger partial charge in [0.2, 0.25) is 0 Å². The molecule has 0 aromatic heterocycles. The molecular weight excluding hydrogens is 298 g/mol. The number of hydrogen-bond donors (Lipinski definition) is 1. The maximum atomic E-state index is 3.94. The van der Waals surface area contributed by atoms with Gasteiger partial charge < -0.3 is 5.32 Å². The normalized spacial score (nSPS) is 24.8. The van der Waals surface area contributed by atoms with E-state index in [1.807, 2.05) is 0 Å². The molecule has 0 spiro atoms. The average molecular weight is 322 g/mol. The van der Waals surface area contributed by atoms with Crippen LogP contribution in [-0.2, 0) is 12.8 Å². The van der Waals surface area contributed by atoms with Crippen LogP contribution in [0.5, 0.6) is 0 Å². The van der Waals surface area contributed by atoms with Gasteiger partial charge in [0.1, 0.15) is 0 Å². The van der Waals surface area contributed by atoms with E-state index in [-0.39, 0.29) is 0 Å². The molecule has 2 aliphatic carbocycles. The Morgan fingerprint density at radius 2 is 1.68 bits per heavy atom. The lowest BCUT2D eigenvalue weighted by Gasteiger charge is -2.29. The molecule has 0 bridgehead atoms. The zero-order valence-corrected chi connectivity index (χ0v) is 13.2. The third kappa shape index (κ3) is 3.61. The van der Waals surface area contributed by atoms with Crippen LogP contribution in [0, 0.1) is 0 Å². The molecule has 1 atom stereocenters. The molecule has 0 amide bonds. The first kappa shape index (κ1) is 13.6. The highest BCUT2D eigenvalue weighted by Crippen LogP contribution is 2.26. The summed E-state index contributed by atoms with van der Waals surface area (Å²) in [5.74, 6) is 0. The number of benzene rings is 1. The molecule has 0 heterocycles. The van der Waals surface area contributed by atoms with Crippen molar-refractivity contribution in [3.63, 3.8) is 0 Å². The predicted molar refractivity (Wildman–Crippen MR) is 84.6 cm³/mol. The Labute approximate surface area is 125 Å². The van der Waals surface area contributed by atoms with Crippen molar-refractivity contribution < 1.29 is 0 Å². The third-order valence-electron chi connectivity index (χ3n) is 4.72. The van der Waals surface area contributed by atoms with Crippen LogP contribution in [0.4, 0.5) is 0 Å². The predicted octanol–water partition coefficient (Wildman–Crippen LogP) is 4.62. The second-order valence-corrected chi connectivity index (χ2v) is 7.12. The lowest BCUT2D eigenvalue weighted by molar-refractivity contribution is 0.366. The first-order valence-electron chi connectivity index (χ1n) is 7.84. The molecule has 0 saturated heterocycles. The Morgan fingerprint density at radius 1 is 0.895 bits per heavy atom. The summed E-state index contributed by atoms with van der Waals surface area (Å²) in [6.45, 7) is 0. The molecule has 0 radical (unpaired) electrons. The lowest BCUT2D eigenvalue weighted by atomic mass is 9.87. The van der Waals surface area contributed by atoms with Crippen molar-refractivity contribution in [1.82, 2.24) is 5.32 Å². The van der Waals surface area contributed by atoms with Crippen LogP contribution < -0.4 is 5.32 Å². The van der Waals surface area contributed by atoms with Crippen LogP contribution in [-0.4, -0.2) is 12.1 Å². The zero-order valence-electron chi connectivity index (χ0n) is 11.6. The first-order valence-corrected chi connectivity index (χ1v) is 8.64. The summed E-state index contributed by atoms with van der Waals surface area (Å²) < 4.78 is 1.22. The van der Waals surface area contributed by atoms with Crippen molar-refractivity contribution in [3.8, 4) is 0 Å². The summed E-state index contributed by atoms with van der Waals surface area (Å²) in [6.07, 6.45) is 12.3. The van der Waals surface area contributed by atoms with Crippen molar-refractivity contribution >= 4 is 15.9 Å². The summed E-state index contributed by atoms with van der Waals surface area (Å²) in [7, 11) is 0. The highest BCUT2D eigenvalue weighted by molar-refractivity contribution is 9.10. The molecule has 1 nitrogen and oxygen atoms in total. The van der Waals surface area contributed by atoms with Gasteiger partial charge >= 0.3 is 0 Å². The Morgan fingerprint density at radius 3 is 2.47 bits per heavy atom. The molecule has 104 valence electrons. The molecular formula is C17H24BrN. The van der Waals surface area contributed by atoms with Crippen molar-refractivity contribution in [2.75, 3.05) is 0 Å². The lowest BCUT2D eigenvalue weighted by Crippen LogP contribution is -2.41. The molecule has 3 rings (SSSR count). The summed E-state index contributed by atoms with van der Waals surface area (Å²) in [6, 6.07) is 8.28. The minimum absolute atomic E-state index is 0.705. The maximum Gasteiger partial charge on any atom is 0.0178 e. The van der Waals surface area contributed by atoms with Crippen LogP contribution in [0.1, 0.15) is 56.1 Å². The monoisotopic (exact) mass is 321 g/mol. The molecule has 2 aliphatic rings. The molecule has 1 aromatic carbocycles. The second kappa shape index (κ2) is 6.41. The van der Waals surface area contributed by atoms with Gasteiger partial charge in [-0.2, -0.15) is 0 Å². The Hall–Kier alpha value is -0.340. The van der Waals surface area contributed by atoms with Crippen molar-refractivity contribution in [1.29, 1.82) is 0 Å². The van der Waals surface area contributed by atoms with E-state index in [9.17, 15) is 0 Å². The van der Waals surface area contributed by atoms with Gasteiger partial charge in [0.15, 0.2) is 0 Å². The van der Waals surface area contributed by atoms with Crippen LogP contribution in [0.25, 0.3) is 0 Å². The van der Waals surface area contributed by atoms with Crippen LogP contribution in [0.15, 0.2) is 22.7 Å². The van der Waals surface area contributed by atoms with Crippen molar-refractivity contribution in [2.45, 2.75) is 69.9 Å². The van der Waals surface area contributed by atoms with Crippen LogP contribution in [0.3, 0.4) is 0 Å². The van der Waals surface area contributed by atoms with E-state index in [1.165, 1.54) is 62.3 Å². The van der Waals surface area contributed by atoms with Gasteiger partial charge in [0.25, 0.3) is 0 Å². The van der Waals surface area contributed by atoms with Crippen molar-refractivity contribution in [3.05, 3.63) is 33.8 Å². The fourth-order valence-electron chi connectivity index (χ4n) is 3.65. The number of rotatable bonds is 2. The van der Waals surface area contributed by atoms with Gasteiger partial charge in [-0.05, 0) is 55.4 Å². The largest absolute Gasteiger partial charge is 0.311 e. The van der Waals surface area contributed by atoms with E-state index in [0.717, 1.165) is 6.04 Å². The summed E-state index contributed by atoms with van der Waals surface area (Å²) in [5, 5.41) is 3.94. The van der Waals surface area contributed by atoms with Gasteiger partial charge in [0.05, 0.1) is 0 Å². The van der Waals surface area contributed by atoms with Gasteiger partial charge in [0, 0.05) is 16.6 Å². The van der Waals surface area contributed by atoms with E-state index >= 15 is 0 Å². The number of aryl methyl sites for hydroxylation is 1. The molecule has 19 heavy (non-hydrogen) atoms.